The van der Waals surface area contributed by atoms with E-state index in [1.54, 1.807) is 11.8 Å². The molecule has 0 bridgehead atoms. The average Bonchev–Trinajstić information content (AvgIpc) is 3.15. The maximum absolute atomic E-state index is 12.2. The van der Waals surface area contributed by atoms with Gasteiger partial charge in [0.2, 0.25) is 5.91 Å². The second-order valence-electron chi connectivity index (χ2n) is 7.52. The van der Waals surface area contributed by atoms with E-state index in [9.17, 15) is 4.79 Å². The van der Waals surface area contributed by atoms with Crippen molar-refractivity contribution in [2.75, 3.05) is 0 Å². The Morgan fingerprint density at radius 1 is 1.03 bits per heavy atom. The van der Waals surface area contributed by atoms with Gasteiger partial charge in [-0.2, -0.15) is 0 Å². The summed E-state index contributed by atoms with van der Waals surface area (Å²) in [5.74, 6) is 1.63. The highest BCUT2D eigenvalue weighted by Gasteiger charge is 2.16. The number of nitrogens with zero attached hydrogens (tertiary/aromatic N) is 3. The Morgan fingerprint density at radius 2 is 1.80 bits per heavy atom. The van der Waals surface area contributed by atoms with Crippen LogP contribution in [0, 0.1) is 13.8 Å². The van der Waals surface area contributed by atoms with Crippen molar-refractivity contribution >= 4 is 17.7 Å². The second-order valence-corrected chi connectivity index (χ2v) is 8.46. The summed E-state index contributed by atoms with van der Waals surface area (Å²) in [6.07, 6.45) is 3.66. The van der Waals surface area contributed by atoms with Crippen LogP contribution in [0.25, 0.3) is 5.69 Å². The molecule has 1 aromatic heterocycles. The van der Waals surface area contributed by atoms with Crippen molar-refractivity contribution in [2.45, 2.75) is 63.9 Å². The third-order valence-corrected chi connectivity index (χ3v) is 6.04. The molecular weight excluding hydrogens is 392 g/mol. The zero-order valence-electron chi connectivity index (χ0n) is 18.0. The van der Waals surface area contributed by atoms with Crippen LogP contribution in [0.1, 0.15) is 55.1 Å². The molecule has 0 saturated heterocycles. The topological polar surface area (TPSA) is 59.8 Å². The van der Waals surface area contributed by atoms with Gasteiger partial charge in [-0.15, -0.1) is 10.2 Å². The van der Waals surface area contributed by atoms with Crippen LogP contribution >= 0.6 is 11.8 Å². The van der Waals surface area contributed by atoms with Gasteiger partial charge in [-0.1, -0.05) is 73.5 Å². The molecule has 1 N–H and O–H groups in total. The molecular formula is C24H30N4OS. The number of aromatic nitrogens is 3. The smallest absolute Gasteiger partial charge is 0.220 e. The van der Waals surface area contributed by atoms with Crippen LogP contribution in [-0.2, 0) is 17.1 Å². The fourth-order valence-corrected chi connectivity index (χ4v) is 4.22. The number of amides is 1. The summed E-state index contributed by atoms with van der Waals surface area (Å²) in [4.78, 5) is 12.2. The van der Waals surface area contributed by atoms with Crippen LogP contribution < -0.4 is 5.32 Å². The predicted molar refractivity (Wildman–Crippen MR) is 123 cm³/mol. The van der Waals surface area contributed by atoms with E-state index in [2.05, 4.69) is 89.4 Å². The molecule has 158 valence electrons. The van der Waals surface area contributed by atoms with Gasteiger partial charge >= 0.3 is 0 Å². The molecule has 0 aliphatic heterocycles. The summed E-state index contributed by atoms with van der Waals surface area (Å²) in [5.41, 5.74) is 4.76. The van der Waals surface area contributed by atoms with E-state index in [1.165, 1.54) is 16.7 Å². The van der Waals surface area contributed by atoms with Crippen molar-refractivity contribution in [2.24, 2.45) is 0 Å². The number of thioether (sulfide) groups is 1. The van der Waals surface area contributed by atoms with E-state index in [-0.39, 0.29) is 5.91 Å². The minimum Gasteiger partial charge on any atom is -0.349 e. The predicted octanol–water partition coefficient (Wildman–Crippen LogP) is 5.37. The number of carbonyl (C=O) groups is 1. The highest BCUT2D eigenvalue weighted by Crippen LogP contribution is 2.26. The number of nitrogens with one attached hydrogen (secondary N) is 1. The molecule has 0 aliphatic rings. The van der Waals surface area contributed by atoms with E-state index >= 15 is 0 Å². The minimum absolute atomic E-state index is 0.0658. The number of rotatable bonds is 10. The third kappa shape index (κ3) is 5.95. The maximum atomic E-state index is 12.2. The largest absolute Gasteiger partial charge is 0.349 e. The van der Waals surface area contributed by atoms with Gasteiger partial charge in [0, 0.05) is 17.9 Å². The van der Waals surface area contributed by atoms with Crippen LogP contribution in [0.15, 0.2) is 53.7 Å². The Labute approximate surface area is 183 Å². The van der Waals surface area contributed by atoms with Gasteiger partial charge < -0.3 is 5.32 Å². The zero-order valence-corrected chi connectivity index (χ0v) is 18.8. The molecule has 0 atom stereocenters. The molecule has 0 spiro atoms. The molecule has 0 saturated carbocycles. The van der Waals surface area contributed by atoms with E-state index in [0.717, 1.165) is 41.7 Å². The van der Waals surface area contributed by atoms with Gasteiger partial charge in [0.25, 0.3) is 0 Å². The summed E-state index contributed by atoms with van der Waals surface area (Å²) >= 11 is 1.66. The normalized spacial score (nSPS) is 10.9. The molecule has 0 unspecified atom stereocenters. The van der Waals surface area contributed by atoms with Crippen molar-refractivity contribution in [3.63, 3.8) is 0 Å². The van der Waals surface area contributed by atoms with Crippen LogP contribution in [-0.4, -0.2) is 20.7 Å². The van der Waals surface area contributed by atoms with Crippen molar-refractivity contribution in [3.05, 3.63) is 71.0 Å². The SMILES string of the molecule is CCCCCC(=O)NCc1nnc(SCc2ccccc2C)n1-c1ccc(C)cc1. The van der Waals surface area contributed by atoms with Gasteiger partial charge in [0.1, 0.15) is 0 Å². The lowest BCUT2D eigenvalue weighted by Crippen LogP contribution is -2.24. The molecule has 5 nitrogen and oxygen atoms in total. The highest BCUT2D eigenvalue weighted by molar-refractivity contribution is 7.98. The zero-order chi connectivity index (χ0) is 21.3. The van der Waals surface area contributed by atoms with Crippen molar-refractivity contribution in [1.29, 1.82) is 0 Å². The minimum atomic E-state index is 0.0658. The van der Waals surface area contributed by atoms with E-state index < -0.39 is 0 Å². The van der Waals surface area contributed by atoms with Gasteiger partial charge in [0.05, 0.1) is 6.54 Å². The quantitative estimate of drug-likeness (QED) is 0.352. The Bertz CT molecular complexity index is 966. The number of benzene rings is 2. The second kappa shape index (κ2) is 11.0. The van der Waals surface area contributed by atoms with Gasteiger partial charge in [-0.3, -0.25) is 9.36 Å². The van der Waals surface area contributed by atoms with Gasteiger partial charge in [-0.05, 0) is 43.5 Å². The molecule has 0 radical (unpaired) electrons. The first-order valence-corrected chi connectivity index (χ1v) is 11.5. The summed E-state index contributed by atoms with van der Waals surface area (Å²) in [6.45, 7) is 6.70. The van der Waals surface area contributed by atoms with Crippen LogP contribution in [0.4, 0.5) is 0 Å². The molecule has 2 aromatic carbocycles. The molecule has 0 aliphatic carbocycles. The molecule has 6 heteroatoms. The average molecular weight is 423 g/mol. The molecule has 3 aromatic rings. The van der Waals surface area contributed by atoms with Gasteiger partial charge in [-0.25, -0.2) is 0 Å². The fourth-order valence-electron chi connectivity index (χ4n) is 3.18. The molecule has 3 rings (SSSR count). The molecule has 1 amide bonds. The van der Waals surface area contributed by atoms with Crippen molar-refractivity contribution < 1.29 is 4.79 Å². The number of aryl methyl sites for hydroxylation is 2. The Balaban J connectivity index is 1.78. The summed E-state index contributed by atoms with van der Waals surface area (Å²) in [5, 5.41) is 12.7. The van der Waals surface area contributed by atoms with Gasteiger partial charge in [0.15, 0.2) is 11.0 Å². The van der Waals surface area contributed by atoms with Crippen LogP contribution in [0.2, 0.25) is 0 Å². The summed E-state index contributed by atoms with van der Waals surface area (Å²) in [7, 11) is 0. The summed E-state index contributed by atoms with van der Waals surface area (Å²) < 4.78 is 2.05. The number of hydrogen-bond acceptors (Lipinski definition) is 4. The van der Waals surface area contributed by atoms with Crippen LogP contribution in [0.5, 0.6) is 0 Å². The lowest BCUT2D eigenvalue weighted by Gasteiger charge is -2.12. The molecule has 1 heterocycles. The Kier molecular flexibility index (Phi) is 8.08. The first-order valence-electron chi connectivity index (χ1n) is 10.5. The Morgan fingerprint density at radius 3 is 2.53 bits per heavy atom. The lowest BCUT2D eigenvalue weighted by atomic mass is 10.1. The standard InChI is InChI=1S/C24H30N4OS/c1-4-5-6-11-23(29)25-16-22-26-27-24(28(22)21-14-12-18(2)13-15-21)30-17-20-10-8-7-9-19(20)3/h7-10,12-15H,4-6,11,16-17H2,1-3H3,(H,25,29). The first kappa shape index (κ1) is 22.1. The number of unbranched alkanes of at least 4 members (excludes halogenated alkanes) is 2. The first-order chi connectivity index (χ1) is 14.6. The Hall–Kier alpha value is -2.60. The lowest BCUT2D eigenvalue weighted by molar-refractivity contribution is -0.121. The molecule has 0 fully saturated rings. The summed E-state index contributed by atoms with van der Waals surface area (Å²) in [6, 6.07) is 16.7. The van der Waals surface area contributed by atoms with E-state index in [0.29, 0.717) is 13.0 Å². The highest BCUT2D eigenvalue weighted by atomic mass is 32.2. The maximum Gasteiger partial charge on any atom is 0.220 e. The fraction of sp³-hybridized carbons (Fsp3) is 0.375. The number of carbonyl (C=O) groups excluding carboxylic acids is 1. The molecule has 30 heavy (non-hydrogen) atoms. The number of hydrogen-bond donors (Lipinski definition) is 1. The van der Waals surface area contributed by atoms with E-state index in [1.807, 2.05) is 0 Å². The third-order valence-electron chi connectivity index (χ3n) is 5.06. The van der Waals surface area contributed by atoms with Crippen molar-refractivity contribution in [1.82, 2.24) is 20.1 Å². The van der Waals surface area contributed by atoms with E-state index in [4.69, 9.17) is 0 Å². The monoisotopic (exact) mass is 422 g/mol. The van der Waals surface area contributed by atoms with Crippen LogP contribution in [0.3, 0.4) is 0 Å². The van der Waals surface area contributed by atoms with Crippen molar-refractivity contribution in [3.8, 4) is 5.69 Å².